The number of aromatic nitrogens is 2. The third-order valence-electron chi connectivity index (χ3n) is 2.29. The Bertz CT molecular complexity index is 573. The minimum atomic E-state index is 0.437. The van der Waals surface area contributed by atoms with E-state index in [1.165, 1.54) is 6.33 Å². The molecular formula is C12H8ClN3. The summed E-state index contributed by atoms with van der Waals surface area (Å²) in [7, 11) is 0. The maximum absolute atomic E-state index is 8.82. The van der Waals surface area contributed by atoms with Gasteiger partial charge in [-0.25, -0.2) is 9.97 Å². The van der Waals surface area contributed by atoms with Crippen molar-refractivity contribution >= 4 is 11.6 Å². The number of halogens is 1. The number of nitriles is 1. The number of hydrogen-bond acceptors (Lipinski definition) is 3. The molecule has 0 spiro atoms. The van der Waals surface area contributed by atoms with Gasteiger partial charge in [0.1, 0.15) is 11.5 Å². The quantitative estimate of drug-likeness (QED) is 0.707. The van der Waals surface area contributed by atoms with E-state index < -0.39 is 0 Å². The van der Waals surface area contributed by atoms with Crippen molar-refractivity contribution in [2.75, 3.05) is 0 Å². The van der Waals surface area contributed by atoms with E-state index in [-0.39, 0.29) is 0 Å². The lowest BCUT2D eigenvalue weighted by Crippen LogP contribution is -1.92. The van der Waals surface area contributed by atoms with Crippen LogP contribution in [-0.2, 0) is 0 Å². The van der Waals surface area contributed by atoms with Gasteiger partial charge in [-0.2, -0.15) is 5.26 Å². The highest BCUT2D eigenvalue weighted by Crippen LogP contribution is 2.24. The van der Waals surface area contributed by atoms with Crippen LogP contribution in [-0.4, -0.2) is 9.97 Å². The Labute approximate surface area is 98.4 Å². The van der Waals surface area contributed by atoms with E-state index in [1.807, 2.05) is 19.1 Å². The van der Waals surface area contributed by atoms with Crippen LogP contribution >= 0.6 is 11.6 Å². The smallest absolute Gasteiger partial charge is 0.135 e. The third kappa shape index (κ3) is 1.88. The molecule has 0 amide bonds. The van der Waals surface area contributed by atoms with E-state index >= 15 is 0 Å². The van der Waals surface area contributed by atoms with Gasteiger partial charge in [0.15, 0.2) is 0 Å². The van der Waals surface area contributed by atoms with E-state index in [4.69, 9.17) is 16.9 Å². The monoisotopic (exact) mass is 229 g/mol. The van der Waals surface area contributed by atoms with E-state index in [2.05, 4.69) is 16.0 Å². The lowest BCUT2D eigenvalue weighted by molar-refractivity contribution is 1.13. The fraction of sp³-hybridized carbons (Fsp3) is 0.0833. The Hall–Kier alpha value is -1.92. The zero-order valence-corrected chi connectivity index (χ0v) is 9.36. The summed E-state index contributed by atoms with van der Waals surface area (Å²) >= 11 is 5.92. The second-order valence-corrected chi connectivity index (χ2v) is 3.69. The van der Waals surface area contributed by atoms with Crippen molar-refractivity contribution < 1.29 is 0 Å². The molecule has 4 heteroatoms. The first-order valence-corrected chi connectivity index (χ1v) is 5.08. The molecule has 0 N–H and O–H groups in total. The molecule has 0 radical (unpaired) electrons. The summed E-state index contributed by atoms with van der Waals surface area (Å²) in [6, 6.07) is 9.35. The van der Waals surface area contributed by atoms with Gasteiger partial charge in [0.2, 0.25) is 0 Å². The van der Waals surface area contributed by atoms with Crippen LogP contribution in [0.1, 0.15) is 11.1 Å². The average molecular weight is 230 g/mol. The Morgan fingerprint density at radius 1 is 1.31 bits per heavy atom. The summed E-state index contributed by atoms with van der Waals surface area (Å²) in [6.07, 6.45) is 1.42. The van der Waals surface area contributed by atoms with Crippen molar-refractivity contribution in [1.82, 2.24) is 9.97 Å². The number of rotatable bonds is 1. The molecule has 78 valence electrons. The summed E-state index contributed by atoms with van der Waals surface area (Å²) in [5.74, 6) is 0. The molecule has 0 saturated heterocycles. The highest BCUT2D eigenvalue weighted by atomic mass is 35.5. The molecule has 0 aliphatic rings. The van der Waals surface area contributed by atoms with E-state index in [1.54, 1.807) is 12.1 Å². The molecule has 1 aromatic heterocycles. The molecule has 1 aromatic carbocycles. The van der Waals surface area contributed by atoms with E-state index in [0.717, 1.165) is 16.8 Å². The van der Waals surface area contributed by atoms with Gasteiger partial charge in [-0.05, 0) is 19.1 Å². The largest absolute Gasteiger partial charge is 0.236 e. The van der Waals surface area contributed by atoms with E-state index in [0.29, 0.717) is 10.7 Å². The van der Waals surface area contributed by atoms with Gasteiger partial charge in [0.05, 0.1) is 17.3 Å². The van der Waals surface area contributed by atoms with Crippen molar-refractivity contribution in [1.29, 1.82) is 5.26 Å². The standard InChI is InChI=1S/C12H8ClN3/c1-8-11(15-7-16-12(8)13)10-4-2-3-9(5-10)6-14/h2-5,7H,1H3. The van der Waals surface area contributed by atoms with Crippen molar-refractivity contribution in [2.24, 2.45) is 0 Å². The van der Waals surface area contributed by atoms with Crippen LogP contribution in [0, 0.1) is 18.3 Å². The highest BCUT2D eigenvalue weighted by molar-refractivity contribution is 6.30. The lowest BCUT2D eigenvalue weighted by Gasteiger charge is -2.05. The van der Waals surface area contributed by atoms with Gasteiger partial charge in [0.25, 0.3) is 0 Å². The molecule has 16 heavy (non-hydrogen) atoms. The summed E-state index contributed by atoms with van der Waals surface area (Å²) < 4.78 is 0. The van der Waals surface area contributed by atoms with Crippen LogP contribution in [0.3, 0.4) is 0 Å². The van der Waals surface area contributed by atoms with Crippen molar-refractivity contribution in [3.63, 3.8) is 0 Å². The van der Waals surface area contributed by atoms with Gasteiger partial charge < -0.3 is 0 Å². The summed E-state index contributed by atoms with van der Waals surface area (Å²) in [5.41, 5.74) is 3.06. The minimum absolute atomic E-state index is 0.437. The summed E-state index contributed by atoms with van der Waals surface area (Å²) in [6.45, 7) is 1.86. The Kier molecular flexibility index (Phi) is 2.84. The molecule has 3 nitrogen and oxygen atoms in total. The first-order chi connectivity index (χ1) is 7.72. The molecule has 0 bridgehead atoms. The molecule has 0 atom stereocenters. The summed E-state index contributed by atoms with van der Waals surface area (Å²) in [5, 5.41) is 9.26. The van der Waals surface area contributed by atoms with Gasteiger partial charge >= 0.3 is 0 Å². The molecule has 0 aliphatic carbocycles. The Morgan fingerprint density at radius 3 is 2.88 bits per heavy atom. The van der Waals surface area contributed by atoms with Crippen molar-refractivity contribution in [3.8, 4) is 17.3 Å². The van der Waals surface area contributed by atoms with Crippen LogP contribution < -0.4 is 0 Å². The fourth-order valence-corrected chi connectivity index (χ4v) is 1.59. The number of hydrogen-bond donors (Lipinski definition) is 0. The Morgan fingerprint density at radius 2 is 2.12 bits per heavy atom. The number of benzene rings is 1. The van der Waals surface area contributed by atoms with Crippen molar-refractivity contribution in [2.45, 2.75) is 6.92 Å². The normalized spacial score (nSPS) is 9.81. The van der Waals surface area contributed by atoms with Crippen LogP contribution in [0.15, 0.2) is 30.6 Å². The molecule has 2 rings (SSSR count). The van der Waals surface area contributed by atoms with Gasteiger partial charge in [-0.15, -0.1) is 0 Å². The second-order valence-electron chi connectivity index (χ2n) is 3.33. The maximum Gasteiger partial charge on any atom is 0.135 e. The predicted octanol–water partition coefficient (Wildman–Crippen LogP) is 2.98. The topological polar surface area (TPSA) is 49.6 Å². The predicted molar refractivity (Wildman–Crippen MR) is 61.9 cm³/mol. The lowest BCUT2D eigenvalue weighted by atomic mass is 10.1. The van der Waals surface area contributed by atoms with Gasteiger partial charge in [0, 0.05) is 11.1 Å². The van der Waals surface area contributed by atoms with Crippen molar-refractivity contribution in [3.05, 3.63) is 46.9 Å². The molecule has 0 fully saturated rings. The maximum atomic E-state index is 8.82. The first kappa shape index (κ1) is 10.6. The highest BCUT2D eigenvalue weighted by Gasteiger charge is 2.07. The first-order valence-electron chi connectivity index (χ1n) is 4.70. The van der Waals surface area contributed by atoms with Gasteiger partial charge in [-0.1, -0.05) is 23.7 Å². The van der Waals surface area contributed by atoms with Gasteiger partial charge in [-0.3, -0.25) is 0 Å². The zero-order chi connectivity index (χ0) is 11.5. The average Bonchev–Trinajstić information content (AvgIpc) is 2.33. The molecule has 0 unspecified atom stereocenters. The zero-order valence-electron chi connectivity index (χ0n) is 8.61. The van der Waals surface area contributed by atoms with E-state index in [9.17, 15) is 0 Å². The molecule has 0 aliphatic heterocycles. The van der Waals surface area contributed by atoms with Crippen LogP contribution in [0.4, 0.5) is 0 Å². The summed E-state index contributed by atoms with van der Waals surface area (Å²) in [4.78, 5) is 8.08. The third-order valence-corrected chi connectivity index (χ3v) is 2.67. The molecule has 0 saturated carbocycles. The second kappa shape index (κ2) is 4.30. The van der Waals surface area contributed by atoms with Crippen LogP contribution in [0.25, 0.3) is 11.3 Å². The molecule has 2 aromatic rings. The van der Waals surface area contributed by atoms with Crippen LogP contribution in [0.5, 0.6) is 0 Å². The fourth-order valence-electron chi connectivity index (χ4n) is 1.46. The minimum Gasteiger partial charge on any atom is -0.236 e. The Balaban J connectivity index is 2.59. The van der Waals surface area contributed by atoms with Crippen LogP contribution in [0.2, 0.25) is 5.15 Å². The molecule has 1 heterocycles. The molecular weight excluding hydrogens is 222 g/mol. The SMILES string of the molecule is Cc1c(Cl)ncnc1-c1cccc(C#N)c1. The number of nitrogens with zero attached hydrogens (tertiary/aromatic N) is 3.